The molecule has 3 rings (SSSR count). The fraction of sp³-hybridized carbons (Fsp3) is 0.263. The van der Waals surface area contributed by atoms with Gasteiger partial charge in [0.15, 0.2) is 0 Å². The van der Waals surface area contributed by atoms with Crippen LogP contribution in [0.4, 0.5) is 29.3 Å². The number of hydrogen-bond donors (Lipinski definition) is 3. The van der Waals surface area contributed by atoms with E-state index in [1.54, 1.807) is 30.3 Å². The minimum atomic E-state index is -4.44. The van der Waals surface area contributed by atoms with Gasteiger partial charge < -0.3 is 16.0 Å². The zero-order valence-electron chi connectivity index (χ0n) is 14.4. The normalized spacial score (nSPS) is 18.5. The van der Waals surface area contributed by atoms with Gasteiger partial charge in [-0.05, 0) is 42.2 Å². The van der Waals surface area contributed by atoms with Crippen LogP contribution >= 0.6 is 0 Å². The van der Waals surface area contributed by atoms with Crippen molar-refractivity contribution in [1.82, 2.24) is 5.32 Å². The molecular formula is C19H18F3N3O2. The highest BCUT2D eigenvalue weighted by atomic mass is 19.4. The highest BCUT2D eigenvalue weighted by Gasteiger charge is 2.47. The molecule has 3 amide bonds. The van der Waals surface area contributed by atoms with Crippen molar-refractivity contribution in [3.05, 3.63) is 59.7 Å². The fourth-order valence-corrected chi connectivity index (χ4v) is 3.01. The number of alkyl halides is 3. The van der Waals surface area contributed by atoms with Crippen molar-refractivity contribution >= 4 is 23.3 Å². The number of anilines is 2. The lowest BCUT2D eigenvalue weighted by molar-refractivity contribution is -0.138. The smallest absolute Gasteiger partial charge is 0.341 e. The molecule has 1 aliphatic rings. The maximum absolute atomic E-state index is 13.1. The number of rotatable bonds is 4. The molecule has 0 saturated heterocycles. The van der Waals surface area contributed by atoms with E-state index in [0.717, 1.165) is 6.07 Å². The quantitative estimate of drug-likeness (QED) is 0.747. The van der Waals surface area contributed by atoms with Gasteiger partial charge in [-0.1, -0.05) is 24.3 Å². The third-order valence-electron chi connectivity index (χ3n) is 4.41. The van der Waals surface area contributed by atoms with E-state index in [2.05, 4.69) is 16.0 Å². The van der Waals surface area contributed by atoms with E-state index in [1.165, 1.54) is 19.2 Å². The summed E-state index contributed by atoms with van der Waals surface area (Å²) in [7, 11) is 1.48. The van der Waals surface area contributed by atoms with E-state index < -0.39 is 29.6 Å². The molecule has 0 heterocycles. The Labute approximate surface area is 154 Å². The van der Waals surface area contributed by atoms with E-state index in [-0.39, 0.29) is 11.5 Å². The van der Waals surface area contributed by atoms with Crippen LogP contribution in [0.1, 0.15) is 23.5 Å². The Morgan fingerprint density at radius 2 is 1.67 bits per heavy atom. The number of carbonyl (C=O) groups excluding carboxylic acids is 2. The summed E-state index contributed by atoms with van der Waals surface area (Å²) >= 11 is 0. The molecule has 2 aromatic carbocycles. The first-order chi connectivity index (χ1) is 12.8. The first kappa shape index (κ1) is 18.8. The minimum absolute atomic E-state index is 0.153. The topological polar surface area (TPSA) is 70.2 Å². The van der Waals surface area contributed by atoms with Gasteiger partial charge in [0.25, 0.3) is 0 Å². The molecule has 142 valence electrons. The number of nitrogens with one attached hydrogen (secondary N) is 3. The average Bonchev–Trinajstić information content (AvgIpc) is 3.42. The van der Waals surface area contributed by atoms with E-state index in [4.69, 9.17) is 0 Å². The third-order valence-corrected chi connectivity index (χ3v) is 4.41. The number of urea groups is 1. The van der Waals surface area contributed by atoms with Gasteiger partial charge in [-0.25, -0.2) is 4.79 Å². The summed E-state index contributed by atoms with van der Waals surface area (Å²) in [5.74, 6) is -1.30. The Bertz CT molecular complexity index is 867. The van der Waals surface area contributed by atoms with E-state index in [9.17, 15) is 22.8 Å². The Hall–Kier alpha value is -3.03. The van der Waals surface area contributed by atoms with E-state index in [0.29, 0.717) is 17.8 Å². The van der Waals surface area contributed by atoms with Crippen molar-refractivity contribution in [2.24, 2.45) is 5.92 Å². The number of halogens is 3. The van der Waals surface area contributed by atoms with Gasteiger partial charge in [0.1, 0.15) is 0 Å². The van der Waals surface area contributed by atoms with Gasteiger partial charge >= 0.3 is 12.2 Å². The first-order valence-electron chi connectivity index (χ1n) is 8.35. The number of amides is 3. The largest absolute Gasteiger partial charge is 0.416 e. The van der Waals surface area contributed by atoms with E-state index in [1.807, 2.05) is 0 Å². The molecule has 2 unspecified atom stereocenters. The predicted molar refractivity (Wildman–Crippen MR) is 95.4 cm³/mol. The molecule has 0 spiro atoms. The van der Waals surface area contributed by atoms with Crippen LogP contribution in [0.15, 0.2) is 48.5 Å². The van der Waals surface area contributed by atoms with Crippen molar-refractivity contribution in [2.45, 2.75) is 18.5 Å². The zero-order chi connectivity index (χ0) is 19.6. The summed E-state index contributed by atoms with van der Waals surface area (Å²) in [6, 6.07) is 11.5. The Balaban J connectivity index is 1.68. The molecule has 2 atom stereocenters. The second-order valence-electron chi connectivity index (χ2n) is 6.31. The summed E-state index contributed by atoms with van der Waals surface area (Å²) in [5.41, 5.74) is 0.410. The molecule has 5 nitrogen and oxygen atoms in total. The molecule has 0 aromatic heterocycles. The van der Waals surface area contributed by atoms with Crippen LogP contribution in [-0.4, -0.2) is 19.0 Å². The summed E-state index contributed by atoms with van der Waals surface area (Å²) in [4.78, 5) is 23.8. The van der Waals surface area contributed by atoms with Crippen molar-refractivity contribution in [3.8, 4) is 0 Å². The Morgan fingerprint density at radius 3 is 2.33 bits per heavy atom. The lowest BCUT2D eigenvalue weighted by atomic mass is 10.0. The van der Waals surface area contributed by atoms with Crippen LogP contribution in [0.2, 0.25) is 0 Å². The van der Waals surface area contributed by atoms with Gasteiger partial charge in [-0.3, -0.25) is 4.79 Å². The van der Waals surface area contributed by atoms with Crippen LogP contribution < -0.4 is 16.0 Å². The maximum atomic E-state index is 13.1. The fourth-order valence-electron chi connectivity index (χ4n) is 3.01. The third kappa shape index (κ3) is 4.39. The van der Waals surface area contributed by atoms with Crippen LogP contribution in [0.25, 0.3) is 0 Å². The monoisotopic (exact) mass is 377 g/mol. The lowest BCUT2D eigenvalue weighted by Crippen LogP contribution is -2.24. The number of hydrogen-bond acceptors (Lipinski definition) is 2. The predicted octanol–water partition coefficient (Wildman–Crippen LogP) is 4.20. The van der Waals surface area contributed by atoms with E-state index >= 15 is 0 Å². The molecule has 2 aromatic rings. The molecule has 0 bridgehead atoms. The maximum Gasteiger partial charge on any atom is 0.416 e. The molecule has 0 radical (unpaired) electrons. The molecule has 1 saturated carbocycles. The van der Waals surface area contributed by atoms with Gasteiger partial charge in [-0.2, -0.15) is 13.2 Å². The standard InChI is InChI=1S/C19H18F3N3O2/c1-23-18(27)25-12-6-4-5-11(9-12)24-17(26)15-10-14(15)13-7-2-3-8-16(13)19(20,21)22/h2-9,14-15H,10H2,1H3,(H,24,26)(H2,23,25,27). The SMILES string of the molecule is CNC(=O)Nc1cccc(NC(=O)C2CC2c2ccccc2C(F)(F)F)c1. The second kappa shape index (κ2) is 7.30. The number of carbonyl (C=O) groups is 2. The second-order valence-corrected chi connectivity index (χ2v) is 6.31. The van der Waals surface area contributed by atoms with Gasteiger partial charge in [0.05, 0.1) is 5.56 Å². The van der Waals surface area contributed by atoms with Crippen LogP contribution in [0.3, 0.4) is 0 Å². The van der Waals surface area contributed by atoms with Crippen LogP contribution in [-0.2, 0) is 11.0 Å². The highest BCUT2D eigenvalue weighted by molar-refractivity contribution is 5.96. The zero-order valence-corrected chi connectivity index (χ0v) is 14.4. The van der Waals surface area contributed by atoms with Gasteiger partial charge in [0.2, 0.25) is 5.91 Å². The summed E-state index contributed by atoms with van der Waals surface area (Å²) < 4.78 is 39.4. The molecule has 8 heteroatoms. The van der Waals surface area contributed by atoms with Gasteiger partial charge in [-0.15, -0.1) is 0 Å². The van der Waals surface area contributed by atoms with Crippen molar-refractivity contribution in [1.29, 1.82) is 0 Å². The summed E-state index contributed by atoms with van der Waals surface area (Å²) in [6.45, 7) is 0. The molecule has 27 heavy (non-hydrogen) atoms. The highest BCUT2D eigenvalue weighted by Crippen LogP contribution is 2.51. The van der Waals surface area contributed by atoms with Crippen molar-refractivity contribution in [2.75, 3.05) is 17.7 Å². The Morgan fingerprint density at radius 1 is 1.00 bits per heavy atom. The molecule has 3 N–H and O–H groups in total. The van der Waals surface area contributed by atoms with Crippen LogP contribution in [0, 0.1) is 5.92 Å². The van der Waals surface area contributed by atoms with Crippen LogP contribution in [0.5, 0.6) is 0 Å². The molecule has 0 aliphatic heterocycles. The van der Waals surface area contributed by atoms with Gasteiger partial charge in [0, 0.05) is 24.3 Å². The number of benzene rings is 2. The minimum Gasteiger partial charge on any atom is -0.341 e. The lowest BCUT2D eigenvalue weighted by Gasteiger charge is -2.12. The summed E-state index contributed by atoms with van der Waals surface area (Å²) in [6.07, 6.45) is -4.07. The average molecular weight is 377 g/mol. The van der Waals surface area contributed by atoms with Crippen molar-refractivity contribution < 1.29 is 22.8 Å². The van der Waals surface area contributed by atoms with Crippen molar-refractivity contribution in [3.63, 3.8) is 0 Å². The molecule has 1 fully saturated rings. The molecule has 1 aliphatic carbocycles. The molecular weight excluding hydrogens is 359 g/mol. The first-order valence-corrected chi connectivity index (χ1v) is 8.35. The Kier molecular flexibility index (Phi) is 5.07. The summed E-state index contributed by atoms with van der Waals surface area (Å²) in [5, 5.41) is 7.70.